The van der Waals surface area contributed by atoms with E-state index >= 15 is 0 Å². The highest BCUT2D eigenvalue weighted by molar-refractivity contribution is 7.89. The summed E-state index contributed by atoms with van der Waals surface area (Å²) in [5, 5.41) is 8.90. The van der Waals surface area contributed by atoms with Gasteiger partial charge in [0, 0.05) is 50.4 Å². The molecule has 2 fully saturated rings. The number of sulfonamides is 1. The normalized spacial score (nSPS) is 16.9. The van der Waals surface area contributed by atoms with Crippen LogP contribution in [0.1, 0.15) is 34.3 Å². The van der Waals surface area contributed by atoms with Gasteiger partial charge in [-0.05, 0) is 68.7 Å². The van der Waals surface area contributed by atoms with Crippen LogP contribution in [0.25, 0.3) is 11.3 Å². The Morgan fingerprint density at radius 3 is 2.11 bits per heavy atom. The highest BCUT2D eigenvalue weighted by Gasteiger charge is 2.28. The third-order valence-electron chi connectivity index (χ3n) is 7.00. The zero-order chi connectivity index (χ0) is 25.3. The van der Waals surface area contributed by atoms with Crippen LogP contribution in [0.15, 0.2) is 59.5 Å². The monoisotopic (exact) mass is 505 g/mol. The summed E-state index contributed by atoms with van der Waals surface area (Å²) < 4.78 is 27.0. The molecule has 0 spiro atoms. The van der Waals surface area contributed by atoms with Crippen molar-refractivity contribution in [2.45, 2.75) is 31.6 Å². The molecule has 36 heavy (non-hydrogen) atoms. The van der Waals surface area contributed by atoms with Crippen molar-refractivity contribution in [2.75, 3.05) is 44.2 Å². The second kappa shape index (κ2) is 9.99. The molecular formula is C27H31N5O3S. The van der Waals surface area contributed by atoms with E-state index in [-0.39, 0.29) is 10.8 Å². The molecule has 1 aromatic heterocycles. The first-order valence-electron chi connectivity index (χ1n) is 12.4. The van der Waals surface area contributed by atoms with Crippen LogP contribution in [0.5, 0.6) is 0 Å². The number of rotatable bonds is 5. The molecule has 0 aliphatic carbocycles. The number of anilines is 1. The van der Waals surface area contributed by atoms with Gasteiger partial charge in [-0.25, -0.2) is 8.42 Å². The summed E-state index contributed by atoms with van der Waals surface area (Å²) in [7, 11) is -3.48. The van der Waals surface area contributed by atoms with Crippen LogP contribution in [0.2, 0.25) is 0 Å². The molecule has 188 valence electrons. The van der Waals surface area contributed by atoms with Crippen molar-refractivity contribution >= 4 is 21.7 Å². The van der Waals surface area contributed by atoms with Crippen LogP contribution in [-0.2, 0) is 10.0 Å². The van der Waals surface area contributed by atoms with Crippen LogP contribution < -0.4 is 4.90 Å². The van der Waals surface area contributed by atoms with E-state index in [1.165, 1.54) is 15.4 Å². The number of nitrogens with zero attached hydrogens (tertiary/aromatic N) is 5. The van der Waals surface area contributed by atoms with Gasteiger partial charge in [-0.3, -0.25) is 4.79 Å². The van der Waals surface area contributed by atoms with Crippen LogP contribution in [-0.4, -0.2) is 73.0 Å². The maximum absolute atomic E-state index is 13.0. The lowest BCUT2D eigenvalue weighted by Crippen LogP contribution is -2.49. The zero-order valence-corrected chi connectivity index (χ0v) is 21.5. The summed E-state index contributed by atoms with van der Waals surface area (Å²) in [4.78, 5) is 17.2. The molecule has 5 rings (SSSR count). The lowest BCUT2D eigenvalue weighted by Gasteiger charge is -2.35. The largest absolute Gasteiger partial charge is 0.352 e. The van der Waals surface area contributed by atoms with Gasteiger partial charge in [-0.2, -0.15) is 4.31 Å². The average molecular weight is 506 g/mol. The van der Waals surface area contributed by atoms with Crippen LogP contribution >= 0.6 is 0 Å². The van der Waals surface area contributed by atoms with Gasteiger partial charge in [-0.1, -0.05) is 23.8 Å². The molecule has 9 heteroatoms. The summed E-state index contributed by atoms with van der Waals surface area (Å²) in [5.41, 5.74) is 4.82. The minimum absolute atomic E-state index is 0.0870. The van der Waals surface area contributed by atoms with E-state index in [9.17, 15) is 13.2 Å². The lowest BCUT2D eigenvalue weighted by molar-refractivity contribution is 0.0746. The van der Waals surface area contributed by atoms with Gasteiger partial charge in [0.1, 0.15) is 0 Å². The minimum Gasteiger partial charge on any atom is -0.352 e. The summed E-state index contributed by atoms with van der Waals surface area (Å²) in [6, 6.07) is 16.6. The van der Waals surface area contributed by atoms with Crippen molar-refractivity contribution < 1.29 is 13.2 Å². The molecule has 0 atom stereocenters. The first kappa shape index (κ1) is 24.4. The van der Waals surface area contributed by atoms with E-state index in [0.29, 0.717) is 44.8 Å². The molecule has 0 radical (unpaired) electrons. The molecule has 8 nitrogen and oxygen atoms in total. The summed E-state index contributed by atoms with van der Waals surface area (Å²) in [5.74, 6) is 0.711. The predicted molar refractivity (Wildman–Crippen MR) is 139 cm³/mol. The summed E-state index contributed by atoms with van der Waals surface area (Å²) >= 11 is 0. The van der Waals surface area contributed by atoms with E-state index in [1.54, 1.807) is 29.2 Å². The lowest BCUT2D eigenvalue weighted by atomic mass is 10.0. The number of benzene rings is 2. The smallest absolute Gasteiger partial charge is 0.253 e. The van der Waals surface area contributed by atoms with Gasteiger partial charge >= 0.3 is 0 Å². The molecule has 1 amide bonds. The number of carbonyl (C=O) groups is 1. The number of carbonyl (C=O) groups excluding carboxylic acids is 1. The molecule has 0 saturated carbocycles. The molecule has 2 saturated heterocycles. The number of amides is 1. The fraction of sp³-hybridized carbons (Fsp3) is 0.370. The van der Waals surface area contributed by atoms with Crippen LogP contribution in [0.3, 0.4) is 0 Å². The Hall–Kier alpha value is -3.30. The Morgan fingerprint density at radius 2 is 1.50 bits per heavy atom. The Kier molecular flexibility index (Phi) is 6.77. The minimum atomic E-state index is -3.48. The Bertz CT molecular complexity index is 1340. The molecule has 3 aromatic rings. The van der Waals surface area contributed by atoms with Crippen molar-refractivity contribution in [1.29, 1.82) is 0 Å². The van der Waals surface area contributed by atoms with Crippen LogP contribution in [0.4, 0.5) is 5.82 Å². The Labute approximate surface area is 212 Å². The number of piperazine rings is 1. The Morgan fingerprint density at radius 1 is 0.806 bits per heavy atom. The van der Waals surface area contributed by atoms with Gasteiger partial charge < -0.3 is 9.80 Å². The second-order valence-corrected chi connectivity index (χ2v) is 11.4. The summed E-state index contributed by atoms with van der Waals surface area (Å²) in [6.07, 6.45) is 1.79. The average Bonchev–Trinajstić information content (AvgIpc) is 3.45. The maximum Gasteiger partial charge on any atom is 0.253 e. The maximum atomic E-state index is 13.0. The fourth-order valence-electron chi connectivity index (χ4n) is 4.91. The molecule has 2 aromatic carbocycles. The van der Waals surface area contributed by atoms with Gasteiger partial charge in [0.2, 0.25) is 10.0 Å². The topological polar surface area (TPSA) is 86.7 Å². The second-order valence-electron chi connectivity index (χ2n) is 9.51. The van der Waals surface area contributed by atoms with E-state index < -0.39 is 10.0 Å². The SMILES string of the molecule is Cc1ccc(-c2ccc(N3CCN(C(=O)c4ccc(S(=O)(=O)N5CCCC5)cc4)CC3)nn2)c(C)c1. The highest BCUT2D eigenvalue weighted by Crippen LogP contribution is 2.24. The third-order valence-corrected chi connectivity index (χ3v) is 8.92. The molecule has 3 heterocycles. The number of aryl methyl sites for hydroxylation is 2. The number of hydrogen-bond acceptors (Lipinski definition) is 6. The standard InChI is InChI=1S/C27H31N5O3S/c1-20-5-10-24(21(2)19-20)25-11-12-26(29-28-25)30-15-17-31(18-16-30)27(33)22-6-8-23(9-7-22)36(34,35)32-13-3-4-14-32/h5-12,19H,3-4,13-18H2,1-2H3. The number of hydrogen-bond donors (Lipinski definition) is 0. The van der Waals surface area contributed by atoms with E-state index in [4.69, 9.17) is 0 Å². The quantitative estimate of drug-likeness (QED) is 0.528. The third kappa shape index (κ3) is 4.85. The van der Waals surface area contributed by atoms with E-state index in [0.717, 1.165) is 29.9 Å². The first-order valence-corrected chi connectivity index (χ1v) is 13.8. The first-order chi connectivity index (χ1) is 17.3. The van der Waals surface area contributed by atoms with Gasteiger partial charge in [0.15, 0.2) is 5.82 Å². The van der Waals surface area contributed by atoms with E-state index in [1.807, 2.05) is 12.1 Å². The summed E-state index contributed by atoms with van der Waals surface area (Å²) in [6.45, 7) is 7.72. The number of aromatic nitrogens is 2. The zero-order valence-electron chi connectivity index (χ0n) is 20.7. The molecule has 2 aliphatic rings. The van der Waals surface area contributed by atoms with Gasteiger partial charge in [0.25, 0.3) is 5.91 Å². The van der Waals surface area contributed by atoms with Crippen molar-refractivity contribution in [3.8, 4) is 11.3 Å². The molecular weight excluding hydrogens is 474 g/mol. The van der Waals surface area contributed by atoms with Crippen molar-refractivity contribution in [1.82, 2.24) is 19.4 Å². The Balaban J connectivity index is 1.20. The molecule has 0 unspecified atom stereocenters. The predicted octanol–water partition coefficient (Wildman–Crippen LogP) is 3.51. The van der Waals surface area contributed by atoms with Crippen molar-refractivity contribution in [2.24, 2.45) is 0 Å². The fourth-order valence-corrected chi connectivity index (χ4v) is 6.42. The van der Waals surface area contributed by atoms with E-state index in [2.05, 4.69) is 47.1 Å². The van der Waals surface area contributed by atoms with Crippen molar-refractivity contribution in [3.63, 3.8) is 0 Å². The van der Waals surface area contributed by atoms with Gasteiger partial charge in [-0.15, -0.1) is 10.2 Å². The molecule has 0 N–H and O–H groups in total. The van der Waals surface area contributed by atoms with Crippen molar-refractivity contribution in [3.05, 3.63) is 71.3 Å². The van der Waals surface area contributed by atoms with Crippen LogP contribution in [0, 0.1) is 13.8 Å². The van der Waals surface area contributed by atoms with Gasteiger partial charge in [0.05, 0.1) is 10.6 Å². The highest BCUT2D eigenvalue weighted by atomic mass is 32.2. The molecule has 0 bridgehead atoms. The molecule has 2 aliphatic heterocycles.